The first-order valence-corrected chi connectivity index (χ1v) is 9.40. The zero-order valence-corrected chi connectivity index (χ0v) is 15.8. The van der Waals surface area contributed by atoms with Crippen molar-refractivity contribution in [2.24, 2.45) is 0 Å². The Hall–Kier alpha value is -2.95. The number of hydrogen-bond acceptors (Lipinski definition) is 3. The van der Waals surface area contributed by atoms with Crippen LogP contribution in [0.25, 0.3) is 0 Å². The van der Waals surface area contributed by atoms with Crippen LogP contribution in [0.5, 0.6) is 0 Å². The highest BCUT2D eigenvalue weighted by Crippen LogP contribution is 2.17. The van der Waals surface area contributed by atoms with Gasteiger partial charge in [-0.2, -0.15) is 0 Å². The Labute approximate surface area is 166 Å². The second kappa shape index (κ2) is 11.0. The van der Waals surface area contributed by atoms with E-state index in [1.54, 1.807) is 0 Å². The molecule has 0 aromatic heterocycles. The van der Waals surface area contributed by atoms with Crippen molar-refractivity contribution in [2.75, 3.05) is 13.2 Å². The maximum atomic E-state index is 12.7. The molecule has 1 unspecified atom stereocenters. The smallest absolute Gasteiger partial charge is 0.211 e. The average molecular weight is 375 g/mol. The number of benzene rings is 3. The van der Waals surface area contributed by atoms with Gasteiger partial charge in [0.15, 0.2) is 6.21 Å². The third kappa shape index (κ3) is 6.34. The Kier molecular flexibility index (Phi) is 7.79. The third-order valence-corrected chi connectivity index (χ3v) is 4.36. The average Bonchev–Trinajstić information content (AvgIpc) is 2.76. The summed E-state index contributed by atoms with van der Waals surface area (Å²) < 4.78 is 12.4. The van der Waals surface area contributed by atoms with Crippen molar-refractivity contribution in [1.82, 2.24) is 0 Å². The van der Waals surface area contributed by atoms with Gasteiger partial charge in [0.05, 0.1) is 13.2 Å². The van der Waals surface area contributed by atoms with Crippen LogP contribution in [0, 0.1) is 5.21 Å². The van der Waals surface area contributed by atoms with Gasteiger partial charge in [-0.1, -0.05) is 91.0 Å². The van der Waals surface area contributed by atoms with E-state index in [9.17, 15) is 5.21 Å². The summed E-state index contributed by atoms with van der Waals surface area (Å²) in [6.45, 7) is 1.51. The maximum Gasteiger partial charge on any atom is 0.211 e. The number of ether oxygens (including phenoxy) is 2. The molecule has 3 rings (SSSR count). The minimum atomic E-state index is -0.412. The fourth-order valence-electron chi connectivity index (χ4n) is 2.86. The van der Waals surface area contributed by atoms with Gasteiger partial charge in [0, 0.05) is 5.56 Å². The van der Waals surface area contributed by atoms with Gasteiger partial charge in [-0.15, -0.1) is 0 Å². The van der Waals surface area contributed by atoms with Crippen LogP contribution in [0.15, 0.2) is 91.0 Å². The van der Waals surface area contributed by atoms with Crippen molar-refractivity contribution in [3.05, 3.63) is 113 Å². The Bertz CT molecular complexity index is 835. The topological polar surface area (TPSA) is 44.5 Å². The van der Waals surface area contributed by atoms with Crippen molar-refractivity contribution < 1.29 is 14.2 Å². The molecule has 1 atom stereocenters. The van der Waals surface area contributed by atoms with E-state index in [-0.39, 0.29) is 6.61 Å². The molecule has 0 aliphatic carbocycles. The van der Waals surface area contributed by atoms with Gasteiger partial charge in [-0.05, 0) is 11.1 Å². The van der Waals surface area contributed by atoms with Crippen LogP contribution in [-0.2, 0) is 22.7 Å². The molecule has 0 radical (unpaired) electrons. The fourth-order valence-corrected chi connectivity index (χ4v) is 2.86. The normalized spacial score (nSPS) is 12.6. The molecule has 0 aliphatic heterocycles. The minimum Gasteiger partial charge on any atom is -0.623 e. The van der Waals surface area contributed by atoms with E-state index in [2.05, 4.69) is 0 Å². The highest BCUT2D eigenvalue weighted by molar-refractivity contribution is 5.52. The Morgan fingerprint density at radius 2 is 1.21 bits per heavy atom. The molecule has 0 saturated heterocycles. The van der Waals surface area contributed by atoms with E-state index in [0.29, 0.717) is 19.8 Å². The van der Waals surface area contributed by atoms with Crippen LogP contribution in [0.4, 0.5) is 0 Å². The zero-order valence-electron chi connectivity index (χ0n) is 15.8. The maximum absolute atomic E-state index is 12.7. The number of rotatable bonds is 10. The molecule has 0 N–H and O–H groups in total. The second-order valence-corrected chi connectivity index (χ2v) is 6.47. The molecule has 0 amide bonds. The predicted molar refractivity (Wildman–Crippen MR) is 111 cm³/mol. The molecular formula is C24H25NO3. The summed E-state index contributed by atoms with van der Waals surface area (Å²) >= 11 is 0. The quantitative estimate of drug-likeness (QED) is 0.169. The largest absolute Gasteiger partial charge is 0.623 e. The lowest BCUT2D eigenvalue weighted by molar-refractivity contribution is -0.510. The summed E-state index contributed by atoms with van der Waals surface area (Å²) in [5, 5.41) is 12.7. The van der Waals surface area contributed by atoms with E-state index in [0.717, 1.165) is 21.4 Å². The van der Waals surface area contributed by atoms with E-state index >= 15 is 0 Å². The lowest BCUT2D eigenvalue weighted by atomic mass is 10.1. The first-order valence-electron chi connectivity index (χ1n) is 9.40. The number of hydroxylamine groups is 1. The van der Waals surface area contributed by atoms with Crippen molar-refractivity contribution in [2.45, 2.75) is 19.3 Å². The van der Waals surface area contributed by atoms with Gasteiger partial charge in [-0.25, -0.2) is 4.74 Å². The van der Waals surface area contributed by atoms with Crippen LogP contribution in [0.3, 0.4) is 0 Å². The molecule has 0 spiro atoms. The molecule has 4 heteroatoms. The second-order valence-electron chi connectivity index (χ2n) is 6.47. The number of nitrogens with zero attached hydrogens (tertiary/aromatic N) is 1. The van der Waals surface area contributed by atoms with Gasteiger partial charge in [-0.3, -0.25) is 0 Å². The Morgan fingerprint density at radius 1 is 0.714 bits per heavy atom. The molecule has 0 aliphatic rings. The molecule has 144 valence electrons. The van der Waals surface area contributed by atoms with Crippen molar-refractivity contribution in [1.29, 1.82) is 0 Å². The van der Waals surface area contributed by atoms with E-state index in [1.165, 1.54) is 6.21 Å². The molecule has 0 heterocycles. The van der Waals surface area contributed by atoms with Gasteiger partial charge < -0.3 is 14.7 Å². The lowest BCUT2D eigenvalue weighted by Gasteiger charge is -2.18. The van der Waals surface area contributed by atoms with E-state index in [1.807, 2.05) is 91.0 Å². The Balaban J connectivity index is 1.57. The summed E-state index contributed by atoms with van der Waals surface area (Å²) in [6, 6.07) is 29.1. The van der Waals surface area contributed by atoms with Crippen LogP contribution in [-0.4, -0.2) is 24.2 Å². The molecule has 0 fully saturated rings. The van der Waals surface area contributed by atoms with Gasteiger partial charge >= 0.3 is 0 Å². The minimum absolute atomic E-state index is 0.250. The molecule has 28 heavy (non-hydrogen) atoms. The van der Waals surface area contributed by atoms with Crippen molar-refractivity contribution >= 4 is 6.21 Å². The molecule has 0 bridgehead atoms. The molecule has 3 aromatic carbocycles. The lowest BCUT2D eigenvalue weighted by Crippen LogP contribution is -2.21. The van der Waals surface area contributed by atoms with Crippen LogP contribution >= 0.6 is 0 Å². The monoisotopic (exact) mass is 375 g/mol. The SMILES string of the molecule is [O-]/[N+](=C\COCc1ccccc1)C(COCc1ccccc1)c1ccccc1. The van der Waals surface area contributed by atoms with Gasteiger partial charge in [0.25, 0.3) is 0 Å². The standard InChI is InChI=1S/C24H25NO3/c26-25(16-17-27-18-21-10-4-1-5-11-21)24(23-14-8-3-9-15-23)20-28-19-22-12-6-2-7-13-22/h1-16,24H,17-20H2/b25-16-. The van der Waals surface area contributed by atoms with Crippen LogP contribution in [0.1, 0.15) is 22.7 Å². The van der Waals surface area contributed by atoms with E-state index < -0.39 is 6.04 Å². The third-order valence-electron chi connectivity index (χ3n) is 4.36. The summed E-state index contributed by atoms with van der Waals surface area (Å²) in [5.41, 5.74) is 3.09. The van der Waals surface area contributed by atoms with Crippen LogP contribution in [0.2, 0.25) is 0 Å². The van der Waals surface area contributed by atoms with Gasteiger partial charge in [0.1, 0.15) is 13.2 Å². The summed E-state index contributed by atoms with van der Waals surface area (Å²) in [4.78, 5) is 0. The molecule has 3 aromatic rings. The molecule has 0 saturated carbocycles. The van der Waals surface area contributed by atoms with Crippen molar-refractivity contribution in [3.8, 4) is 0 Å². The van der Waals surface area contributed by atoms with Crippen LogP contribution < -0.4 is 0 Å². The Morgan fingerprint density at radius 3 is 1.79 bits per heavy atom. The van der Waals surface area contributed by atoms with Gasteiger partial charge in [0.2, 0.25) is 6.04 Å². The summed E-state index contributed by atoms with van der Waals surface area (Å²) in [7, 11) is 0. The highest BCUT2D eigenvalue weighted by atomic mass is 16.5. The summed E-state index contributed by atoms with van der Waals surface area (Å²) in [5.74, 6) is 0. The van der Waals surface area contributed by atoms with E-state index in [4.69, 9.17) is 9.47 Å². The number of hydrogen-bond donors (Lipinski definition) is 0. The summed E-state index contributed by atoms with van der Waals surface area (Å²) in [6.07, 6.45) is 1.53. The first kappa shape index (κ1) is 19.8. The molecule has 4 nitrogen and oxygen atoms in total. The van der Waals surface area contributed by atoms with Crippen molar-refractivity contribution in [3.63, 3.8) is 0 Å². The zero-order chi connectivity index (χ0) is 19.4. The highest BCUT2D eigenvalue weighted by Gasteiger charge is 2.19. The molecular weight excluding hydrogens is 350 g/mol. The first-order chi connectivity index (χ1) is 13.8. The predicted octanol–water partition coefficient (Wildman–Crippen LogP) is 4.74. The fraction of sp³-hybridized carbons (Fsp3) is 0.208.